The maximum atomic E-state index is 10.4. The summed E-state index contributed by atoms with van der Waals surface area (Å²) in [6.07, 6.45) is 12.3. The standard InChI is InChI=1S/2C17H19NO3.2C9H13N/c2*1-18-7-6-17-10-3-5-13(20)16(17)21-15-12(19)4-2-9(14(15)17)8-11(10)18;2*1-8(10)7-9-5-3-2-4-6-9/h2*2-5,10-11,13,16,19-20H,6-8H2,1H3;2*2-6,8H,7,10H2,1H3/t2*10-,11+,13-,16-,17-;;/m00../s1. The molecule has 4 aliphatic heterocycles. The summed E-state index contributed by atoms with van der Waals surface area (Å²) in [5.74, 6) is 2.38. The van der Waals surface area contributed by atoms with Crippen LogP contribution in [0.15, 0.2) is 109 Å². The number of ether oxygens (including phenoxy) is 2. The second-order valence-electron chi connectivity index (χ2n) is 19.2. The highest BCUT2D eigenvalue weighted by Crippen LogP contribution is 2.63. The zero-order valence-corrected chi connectivity index (χ0v) is 36.5. The van der Waals surface area contributed by atoms with Crippen molar-refractivity contribution in [2.24, 2.45) is 23.3 Å². The zero-order valence-electron chi connectivity index (χ0n) is 36.5. The first-order valence-electron chi connectivity index (χ1n) is 22.6. The van der Waals surface area contributed by atoms with E-state index in [9.17, 15) is 20.4 Å². The second-order valence-corrected chi connectivity index (χ2v) is 19.2. The van der Waals surface area contributed by atoms with Crippen molar-refractivity contribution in [1.29, 1.82) is 0 Å². The summed E-state index contributed by atoms with van der Waals surface area (Å²) < 4.78 is 12.2. The molecule has 0 aromatic heterocycles. The third-order valence-corrected chi connectivity index (χ3v) is 15.1. The number of aliphatic hydroxyl groups is 2. The minimum absolute atomic E-state index is 0.160. The maximum Gasteiger partial charge on any atom is 0.165 e. The van der Waals surface area contributed by atoms with Gasteiger partial charge in [0.05, 0.1) is 0 Å². The number of piperidine rings is 2. The van der Waals surface area contributed by atoms with Gasteiger partial charge in [0.25, 0.3) is 0 Å². The van der Waals surface area contributed by atoms with Gasteiger partial charge >= 0.3 is 0 Å². The molecule has 0 radical (unpaired) electrons. The third kappa shape index (κ3) is 7.13. The number of nitrogens with zero attached hydrogens (tertiary/aromatic N) is 2. The minimum Gasteiger partial charge on any atom is -0.504 e. The number of phenolic OH excluding ortho intramolecular Hbond substituents is 2. The fraction of sp³-hybridized carbons (Fsp3) is 0.462. The van der Waals surface area contributed by atoms with E-state index in [1.165, 1.54) is 33.4 Å². The van der Waals surface area contributed by atoms with Crippen molar-refractivity contribution in [3.05, 3.63) is 143 Å². The summed E-state index contributed by atoms with van der Waals surface area (Å²) >= 11 is 0. The molecule has 0 amide bonds. The van der Waals surface area contributed by atoms with E-state index in [2.05, 4.69) is 60.3 Å². The highest BCUT2D eigenvalue weighted by atomic mass is 16.5. The number of hydrogen-bond donors (Lipinski definition) is 6. The number of likely N-dealkylation sites (N-methyl/N-ethyl adjacent to an activating group) is 2. The smallest absolute Gasteiger partial charge is 0.165 e. The minimum atomic E-state index is -0.594. The van der Waals surface area contributed by atoms with Crippen molar-refractivity contribution >= 4 is 0 Å². The lowest BCUT2D eigenvalue weighted by atomic mass is 9.53. The predicted molar refractivity (Wildman–Crippen MR) is 243 cm³/mol. The van der Waals surface area contributed by atoms with Crippen molar-refractivity contribution in [2.75, 3.05) is 27.2 Å². The van der Waals surface area contributed by atoms with Crippen LogP contribution in [0.5, 0.6) is 23.0 Å². The van der Waals surface area contributed by atoms with E-state index >= 15 is 0 Å². The fourth-order valence-corrected chi connectivity index (χ4v) is 12.4. The van der Waals surface area contributed by atoms with E-state index in [1.54, 1.807) is 12.1 Å². The van der Waals surface area contributed by atoms with Crippen LogP contribution < -0.4 is 20.9 Å². The Labute approximate surface area is 366 Å². The Morgan fingerprint density at radius 3 is 1.35 bits per heavy atom. The summed E-state index contributed by atoms with van der Waals surface area (Å²) in [6.45, 7) is 6.06. The van der Waals surface area contributed by atoms with Crippen LogP contribution in [0.25, 0.3) is 0 Å². The monoisotopic (exact) mass is 840 g/mol. The van der Waals surface area contributed by atoms with Gasteiger partial charge in [-0.1, -0.05) is 97.1 Å². The molecule has 12 rings (SSSR count). The zero-order chi connectivity index (χ0) is 43.5. The highest BCUT2D eigenvalue weighted by molar-refractivity contribution is 5.63. The Kier molecular flexibility index (Phi) is 11.5. The molecule has 2 fully saturated rings. The molecule has 4 bridgehead atoms. The number of phenols is 2. The van der Waals surface area contributed by atoms with Crippen LogP contribution in [0.3, 0.4) is 0 Å². The van der Waals surface area contributed by atoms with E-state index in [4.69, 9.17) is 20.9 Å². The van der Waals surface area contributed by atoms with Crippen LogP contribution in [-0.2, 0) is 36.5 Å². The Bertz CT molecular complexity index is 2140. The van der Waals surface area contributed by atoms with Gasteiger partial charge in [-0.3, -0.25) is 0 Å². The molecule has 4 aromatic rings. The first kappa shape index (κ1) is 42.6. The van der Waals surface area contributed by atoms with Crippen molar-refractivity contribution in [3.8, 4) is 23.0 Å². The molecule has 12 atom stereocenters. The SMILES string of the molecule is CC(N)Cc1ccccc1.CC(N)Cc1ccccc1.CN1CC[C@]23c4c5ccc(O)c4O[C@H]2[C@@H](O)C=C[C@H]3[C@H]1C5.CN1CC[C@]23c4c5ccc(O)c4O[C@H]2[C@@H](O)C=C[C@H]3[C@H]1C5. The van der Waals surface area contributed by atoms with Crippen molar-refractivity contribution in [3.63, 3.8) is 0 Å². The molecule has 328 valence electrons. The maximum absolute atomic E-state index is 10.4. The number of hydrogen-bond acceptors (Lipinski definition) is 10. The molecule has 62 heavy (non-hydrogen) atoms. The topological polar surface area (TPSA) is 158 Å². The summed E-state index contributed by atoms with van der Waals surface area (Å²) in [5.41, 5.74) is 18.5. The molecule has 2 unspecified atom stereocenters. The van der Waals surface area contributed by atoms with E-state index in [0.29, 0.717) is 35.4 Å². The van der Waals surface area contributed by atoms with Crippen LogP contribution in [-0.4, -0.2) is 106 Å². The van der Waals surface area contributed by atoms with E-state index in [-0.39, 0.29) is 46.6 Å². The van der Waals surface area contributed by atoms with Crippen LogP contribution in [0, 0.1) is 11.8 Å². The van der Waals surface area contributed by atoms with Gasteiger partial charge in [0.1, 0.15) is 24.4 Å². The molecule has 2 saturated heterocycles. The summed E-state index contributed by atoms with van der Waals surface area (Å²) in [6, 6.07) is 29.6. The Balaban J connectivity index is 0.000000112. The van der Waals surface area contributed by atoms with Crippen molar-refractivity contribution in [1.82, 2.24) is 9.80 Å². The molecule has 0 saturated carbocycles. The average Bonchev–Trinajstić information content (AvgIpc) is 3.80. The third-order valence-electron chi connectivity index (χ3n) is 15.1. The summed E-state index contributed by atoms with van der Waals surface area (Å²) in [7, 11) is 4.38. The normalized spacial score (nSPS) is 33.0. The van der Waals surface area contributed by atoms with Gasteiger partial charge in [-0.15, -0.1) is 0 Å². The molecule has 8 aliphatic rings. The highest BCUT2D eigenvalue weighted by Gasteiger charge is 2.65. The van der Waals surface area contributed by atoms with Gasteiger partial charge in [0.15, 0.2) is 23.0 Å². The van der Waals surface area contributed by atoms with Gasteiger partial charge < -0.3 is 51.2 Å². The van der Waals surface area contributed by atoms with Gasteiger partial charge in [-0.25, -0.2) is 0 Å². The number of rotatable bonds is 4. The predicted octanol–water partition coefficient (Wildman–Crippen LogP) is 5.55. The lowest BCUT2D eigenvalue weighted by Crippen LogP contribution is -2.64. The Morgan fingerprint density at radius 1 is 0.597 bits per heavy atom. The largest absolute Gasteiger partial charge is 0.504 e. The molecule has 10 nitrogen and oxygen atoms in total. The summed E-state index contributed by atoms with van der Waals surface area (Å²) in [5, 5.41) is 41.3. The van der Waals surface area contributed by atoms with Crippen LogP contribution >= 0.6 is 0 Å². The lowest BCUT2D eigenvalue weighted by Gasteiger charge is -2.56. The molecular formula is C52H64N4O6. The molecule has 4 heterocycles. The number of likely N-dealkylation sites (tertiary alicyclic amines) is 2. The van der Waals surface area contributed by atoms with Crippen molar-refractivity contribution < 1.29 is 29.9 Å². The summed E-state index contributed by atoms with van der Waals surface area (Å²) in [4.78, 5) is 4.87. The van der Waals surface area contributed by atoms with Gasteiger partial charge in [0.2, 0.25) is 0 Å². The first-order chi connectivity index (χ1) is 29.8. The first-order valence-corrected chi connectivity index (χ1v) is 22.6. The number of nitrogens with two attached hydrogens (primary N) is 2. The van der Waals surface area contributed by atoms with Crippen molar-refractivity contribution in [2.45, 2.75) is 112 Å². The van der Waals surface area contributed by atoms with Gasteiger partial charge in [-0.2, -0.15) is 0 Å². The fourth-order valence-electron chi connectivity index (χ4n) is 12.4. The molecule has 4 aliphatic carbocycles. The van der Waals surface area contributed by atoms with Crippen LogP contribution in [0.2, 0.25) is 0 Å². The van der Waals surface area contributed by atoms with Gasteiger partial charge in [0, 0.05) is 58.0 Å². The lowest BCUT2D eigenvalue weighted by molar-refractivity contribution is -0.0453. The molecule has 10 heteroatoms. The average molecular weight is 841 g/mol. The van der Waals surface area contributed by atoms with E-state index < -0.39 is 12.2 Å². The second kappa shape index (κ2) is 16.8. The van der Waals surface area contributed by atoms with Gasteiger partial charge in [-0.05, 0) is 114 Å². The molecule has 2 spiro atoms. The van der Waals surface area contributed by atoms with Crippen LogP contribution in [0.4, 0.5) is 0 Å². The number of aromatic hydroxyl groups is 2. The Hall–Kier alpha value is -4.68. The van der Waals surface area contributed by atoms with E-state index in [1.807, 2.05) is 74.5 Å². The number of aliphatic hydroxyl groups excluding tert-OH is 2. The number of benzene rings is 4. The molecular weight excluding hydrogens is 777 g/mol. The Morgan fingerprint density at radius 2 is 0.984 bits per heavy atom. The molecule has 8 N–H and O–H groups in total. The quantitative estimate of drug-likeness (QED) is 0.144. The van der Waals surface area contributed by atoms with Crippen LogP contribution in [0.1, 0.15) is 60.1 Å². The molecule has 4 aromatic carbocycles. The van der Waals surface area contributed by atoms with E-state index in [0.717, 1.165) is 51.6 Å².